The molecule has 0 atom stereocenters. The highest BCUT2D eigenvalue weighted by molar-refractivity contribution is 6.33. The summed E-state index contributed by atoms with van der Waals surface area (Å²) in [6, 6.07) is 11.5. The Bertz CT molecular complexity index is 1100. The fraction of sp³-hybridized carbons (Fsp3) is 0.385. The molecular formula is C26H29ClN2O5. The number of halogens is 1. The van der Waals surface area contributed by atoms with E-state index in [1.54, 1.807) is 22.0 Å². The molecule has 0 N–H and O–H groups in total. The van der Waals surface area contributed by atoms with E-state index in [9.17, 15) is 9.59 Å². The Labute approximate surface area is 204 Å². The maximum atomic E-state index is 12.8. The summed E-state index contributed by atoms with van der Waals surface area (Å²) in [5.41, 5.74) is 3.17. The topological polar surface area (TPSA) is 68.3 Å². The van der Waals surface area contributed by atoms with Crippen molar-refractivity contribution in [3.05, 3.63) is 58.6 Å². The number of rotatable bonds is 3. The molecule has 0 aromatic heterocycles. The third-order valence-corrected chi connectivity index (χ3v) is 5.96. The van der Waals surface area contributed by atoms with Gasteiger partial charge in [-0.25, -0.2) is 4.79 Å². The molecule has 2 aromatic rings. The Morgan fingerprint density at radius 3 is 2.53 bits per heavy atom. The number of nitrogens with zero attached hydrogens (tertiary/aromatic N) is 2. The van der Waals surface area contributed by atoms with Crippen LogP contribution in [0.1, 0.15) is 31.9 Å². The van der Waals surface area contributed by atoms with E-state index in [0.29, 0.717) is 43.6 Å². The summed E-state index contributed by atoms with van der Waals surface area (Å²) in [6.45, 7) is 7.82. The zero-order chi connectivity index (χ0) is 24.3. The standard InChI is InChI=1S/C26H29ClN2O5/c1-26(2,3)33-25(31)29-14-12-28(13-15-29)23(30)10-8-18-5-4-6-21(27)24(18)20-7-9-22-19(17-20)11-16-32-34-22/h4-10,17H,11-16H2,1-3H3/b10-8+. The molecule has 7 nitrogen and oxygen atoms in total. The Morgan fingerprint density at radius 2 is 1.79 bits per heavy atom. The molecule has 2 aliphatic heterocycles. The fourth-order valence-electron chi connectivity index (χ4n) is 3.96. The monoisotopic (exact) mass is 484 g/mol. The van der Waals surface area contributed by atoms with E-state index in [4.69, 9.17) is 26.1 Å². The molecule has 0 saturated carbocycles. The van der Waals surface area contributed by atoms with Crippen molar-refractivity contribution in [1.29, 1.82) is 0 Å². The first-order valence-electron chi connectivity index (χ1n) is 11.4. The number of hydrogen-bond donors (Lipinski definition) is 0. The quantitative estimate of drug-likeness (QED) is 0.454. The van der Waals surface area contributed by atoms with Crippen LogP contribution in [0.4, 0.5) is 4.79 Å². The van der Waals surface area contributed by atoms with Gasteiger partial charge in [-0.2, -0.15) is 4.89 Å². The van der Waals surface area contributed by atoms with Crippen LogP contribution in [0.2, 0.25) is 5.02 Å². The molecule has 34 heavy (non-hydrogen) atoms. The summed E-state index contributed by atoms with van der Waals surface area (Å²) in [4.78, 5) is 38.7. The predicted octanol–water partition coefficient (Wildman–Crippen LogP) is 4.97. The van der Waals surface area contributed by atoms with Crippen molar-refractivity contribution in [2.45, 2.75) is 32.8 Å². The van der Waals surface area contributed by atoms with Crippen LogP contribution < -0.4 is 4.89 Å². The highest BCUT2D eigenvalue weighted by Crippen LogP contribution is 2.36. The number of piperazine rings is 1. The Balaban J connectivity index is 1.45. The first-order valence-corrected chi connectivity index (χ1v) is 11.8. The summed E-state index contributed by atoms with van der Waals surface area (Å²) in [7, 11) is 0. The van der Waals surface area contributed by atoms with Gasteiger partial charge in [0.15, 0.2) is 5.75 Å². The lowest BCUT2D eigenvalue weighted by Gasteiger charge is -2.35. The van der Waals surface area contributed by atoms with Gasteiger partial charge < -0.3 is 19.4 Å². The lowest BCUT2D eigenvalue weighted by molar-refractivity contribution is -0.215. The number of benzene rings is 2. The molecule has 2 aliphatic rings. The number of hydrogen-bond acceptors (Lipinski definition) is 5. The van der Waals surface area contributed by atoms with Crippen LogP contribution in [-0.2, 0) is 20.8 Å². The molecule has 0 radical (unpaired) electrons. The molecule has 180 valence electrons. The third-order valence-electron chi connectivity index (χ3n) is 5.65. The molecule has 1 saturated heterocycles. The predicted molar refractivity (Wildman–Crippen MR) is 131 cm³/mol. The normalized spacial score (nSPS) is 16.2. The second-order valence-corrected chi connectivity index (χ2v) is 9.72. The fourth-order valence-corrected chi connectivity index (χ4v) is 4.25. The van der Waals surface area contributed by atoms with Crippen molar-refractivity contribution in [1.82, 2.24) is 9.80 Å². The van der Waals surface area contributed by atoms with Crippen LogP contribution >= 0.6 is 11.6 Å². The van der Waals surface area contributed by atoms with Crippen LogP contribution in [0.3, 0.4) is 0 Å². The smallest absolute Gasteiger partial charge is 0.410 e. The van der Waals surface area contributed by atoms with Crippen molar-refractivity contribution in [2.24, 2.45) is 0 Å². The van der Waals surface area contributed by atoms with Gasteiger partial charge in [0, 0.05) is 54.8 Å². The van der Waals surface area contributed by atoms with Crippen molar-refractivity contribution >= 4 is 29.7 Å². The SMILES string of the molecule is CC(C)(C)OC(=O)N1CCN(C(=O)/C=C/c2cccc(Cl)c2-c2ccc3c(c2)CCOO3)CC1. The van der Waals surface area contributed by atoms with Crippen LogP contribution in [0.25, 0.3) is 17.2 Å². The van der Waals surface area contributed by atoms with Gasteiger partial charge >= 0.3 is 6.09 Å². The average Bonchev–Trinajstić information content (AvgIpc) is 2.81. The molecule has 0 unspecified atom stereocenters. The summed E-state index contributed by atoms with van der Waals surface area (Å²) in [5, 5.41) is 0.605. The van der Waals surface area contributed by atoms with Crippen molar-refractivity contribution in [3.8, 4) is 16.9 Å². The van der Waals surface area contributed by atoms with Gasteiger partial charge in [-0.15, -0.1) is 0 Å². The third kappa shape index (κ3) is 5.72. The highest BCUT2D eigenvalue weighted by atomic mass is 35.5. The van der Waals surface area contributed by atoms with Crippen LogP contribution in [0.5, 0.6) is 5.75 Å². The average molecular weight is 485 g/mol. The van der Waals surface area contributed by atoms with Crippen molar-refractivity contribution < 1.29 is 24.1 Å². The minimum atomic E-state index is -0.541. The number of ether oxygens (including phenoxy) is 1. The van der Waals surface area contributed by atoms with Gasteiger partial charge in [0.05, 0.1) is 6.61 Å². The van der Waals surface area contributed by atoms with Gasteiger partial charge in [0.25, 0.3) is 0 Å². The molecule has 1 fully saturated rings. The first-order chi connectivity index (χ1) is 16.2. The minimum absolute atomic E-state index is 0.106. The van der Waals surface area contributed by atoms with E-state index in [0.717, 1.165) is 28.7 Å². The van der Waals surface area contributed by atoms with E-state index in [-0.39, 0.29) is 12.0 Å². The van der Waals surface area contributed by atoms with Gasteiger partial charge in [-0.1, -0.05) is 29.8 Å². The van der Waals surface area contributed by atoms with E-state index >= 15 is 0 Å². The number of amides is 2. The number of carbonyl (C=O) groups excluding carboxylic acids is 2. The molecule has 4 rings (SSSR count). The summed E-state index contributed by atoms with van der Waals surface area (Å²) in [6.07, 6.45) is 3.77. The molecule has 2 amide bonds. The maximum absolute atomic E-state index is 12.8. The Kier molecular flexibility index (Phi) is 7.14. The van der Waals surface area contributed by atoms with Gasteiger partial charge in [-0.3, -0.25) is 4.79 Å². The molecule has 0 aliphatic carbocycles. The molecular weight excluding hydrogens is 456 g/mol. The zero-order valence-electron chi connectivity index (χ0n) is 19.7. The minimum Gasteiger partial charge on any atom is -0.444 e. The van der Waals surface area contributed by atoms with Crippen LogP contribution in [0, 0.1) is 0 Å². The van der Waals surface area contributed by atoms with Gasteiger partial charge in [0.1, 0.15) is 5.60 Å². The summed E-state index contributed by atoms with van der Waals surface area (Å²) < 4.78 is 5.42. The van der Waals surface area contributed by atoms with Gasteiger partial charge in [0.2, 0.25) is 5.91 Å². The molecule has 2 heterocycles. The lowest BCUT2D eigenvalue weighted by atomic mass is 9.96. The molecule has 0 bridgehead atoms. The molecule has 8 heteroatoms. The zero-order valence-corrected chi connectivity index (χ0v) is 20.4. The first kappa shape index (κ1) is 24.1. The summed E-state index contributed by atoms with van der Waals surface area (Å²) >= 11 is 6.57. The second kappa shape index (κ2) is 10.1. The highest BCUT2D eigenvalue weighted by Gasteiger charge is 2.27. The molecule has 2 aromatic carbocycles. The Hall–Kier alpha value is -3.03. The lowest BCUT2D eigenvalue weighted by Crippen LogP contribution is -2.51. The summed E-state index contributed by atoms with van der Waals surface area (Å²) in [5.74, 6) is 0.602. The number of carbonyl (C=O) groups is 2. The van der Waals surface area contributed by atoms with E-state index < -0.39 is 5.60 Å². The Morgan fingerprint density at radius 1 is 1.06 bits per heavy atom. The van der Waals surface area contributed by atoms with E-state index in [2.05, 4.69) is 0 Å². The van der Waals surface area contributed by atoms with Gasteiger partial charge in [-0.05, 0) is 56.2 Å². The second-order valence-electron chi connectivity index (χ2n) is 9.31. The molecule has 0 spiro atoms. The van der Waals surface area contributed by atoms with Crippen LogP contribution in [-0.4, -0.2) is 60.2 Å². The van der Waals surface area contributed by atoms with Crippen molar-refractivity contribution in [2.75, 3.05) is 32.8 Å². The van der Waals surface area contributed by atoms with Crippen LogP contribution in [0.15, 0.2) is 42.5 Å². The number of fused-ring (bicyclic) bond motifs is 1. The van der Waals surface area contributed by atoms with E-state index in [1.165, 1.54) is 0 Å². The largest absolute Gasteiger partial charge is 0.444 e. The van der Waals surface area contributed by atoms with Crippen molar-refractivity contribution in [3.63, 3.8) is 0 Å². The maximum Gasteiger partial charge on any atom is 0.410 e. The van der Waals surface area contributed by atoms with E-state index in [1.807, 2.05) is 57.2 Å².